The van der Waals surface area contributed by atoms with Gasteiger partial charge in [-0.2, -0.15) is 5.10 Å². The maximum absolute atomic E-state index is 5.73. The van der Waals surface area contributed by atoms with Crippen LogP contribution in [0.15, 0.2) is 37.1 Å². The van der Waals surface area contributed by atoms with E-state index in [2.05, 4.69) is 11.7 Å². The van der Waals surface area contributed by atoms with Gasteiger partial charge in [0.2, 0.25) is 0 Å². The topological polar surface area (TPSA) is 43.8 Å². The molecule has 0 saturated carbocycles. The number of rotatable bonds is 3. The highest BCUT2D eigenvalue weighted by Crippen LogP contribution is 2.18. The molecular weight excluding hydrogens is 198 g/mol. The van der Waals surface area contributed by atoms with Gasteiger partial charge >= 0.3 is 0 Å². The molecule has 14 heavy (non-hydrogen) atoms. The molecule has 1 aromatic rings. The molecule has 0 unspecified atom stereocenters. The van der Waals surface area contributed by atoms with Crippen molar-refractivity contribution in [1.82, 2.24) is 9.78 Å². The molecule has 1 heterocycles. The second-order valence-corrected chi connectivity index (χ2v) is 3.00. The first-order valence-corrected chi connectivity index (χ1v) is 4.53. The Bertz CT molecular complexity index is 369. The van der Waals surface area contributed by atoms with E-state index in [9.17, 15) is 0 Å². The minimum atomic E-state index is 0.304. The van der Waals surface area contributed by atoms with Crippen LogP contribution in [-0.2, 0) is 0 Å². The van der Waals surface area contributed by atoms with Crippen LogP contribution >= 0.6 is 11.6 Å². The summed E-state index contributed by atoms with van der Waals surface area (Å²) in [6.45, 7) is 5.61. The molecule has 1 aromatic heterocycles. The Balaban J connectivity index is 3.07. The predicted octanol–water partition coefficient (Wildman–Crippen LogP) is 2.72. The molecule has 0 saturated heterocycles. The second kappa shape index (κ2) is 4.67. The molecule has 0 aliphatic heterocycles. The van der Waals surface area contributed by atoms with Gasteiger partial charge in [-0.3, -0.25) is 0 Å². The van der Waals surface area contributed by atoms with Crippen molar-refractivity contribution in [2.75, 3.05) is 5.73 Å². The number of hydrogen-bond donors (Lipinski definition) is 1. The highest BCUT2D eigenvalue weighted by molar-refractivity contribution is 6.31. The van der Waals surface area contributed by atoms with Gasteiger partial charge in [-0.05, 0) is 19.1 Å². The number of hydrogen-bond acceptors (Lipinski definition) is 2. The molecule has 1 rings (SSSR count). The summed E-state index contributed by atoms with van der Waals surface area (Å²) in [7, 11) is 0. The van der Waals surface area contributed by atoms with Crippen molar-refractivity contribution in [2.24, 2.45) is 0 Å². The second-order valence-electron chi connectivity index (χ2n) is 2.64. The number of halogens is 1. The van der Waals surface area contributed by atoms with E-state index in [0.717, 1.165) is 5.70 Å². The maximum Gasteiger partial charge on any atom is 0.174 e. The summed E-state index contributed by atoms with van der Waals surface area (Å²) in [6, 6.07) is 0. The first-order valence-electron chi connectivity index (χ1n) is 4.15. The first kappa shape index (κ1) is 10.6. The van der Waals surface area contributed by atoms with Crippen molar-refractivity contribution in [2.45, 2.75) is 6.92 Å². The summed E-state index contributed by atoms with van der Waals surface area (Å²) in [4.78, 5) is 0. The molecule has 0 bridgehead atoms. The van der Waals surface area contributed by atoms with Crippen molar-refractivity contribution in [1.29, 1.82) is 0 Å². The van der Waals surface area contributed by atoms with Crippen LogP contribution in [0.25, 0.3) is 5.70 Å². The Morgan fingerprint density at radius 1 is 1.71 bits per heavy atom. The molecule has 0 aromatic carbocycles. The summed E-state index contributed by atoms with van der Waals surface area (Å²) in [5.74, 6) is 0. The van der Waals surface area contributed by atoms with Gasteiger partial charge in [-0.1, -0.05) is 30.3 Å². The van der Waals surface area contributed by atoms with Crippen LogP contribution < -0.4 is 5.73 Å². The SMILES string of the molecule is C=C/C(=C\C=C/C)n1cc(N)c(Cl)n1. The fraction of sp³-hybridized carbons (Fsp3) is 0.100. The zero-order chi connectivity index (χ0) is 10.6. The lowest BCUT2D eigenvalue weighted by molar-refractivity contribution is 0.911. The molecular formula is C10H12ClN3. The van der Waals surface area contributed by atoms with Crippen molar-refractivity contribution in [3.8, 4) is 0 Å². The normalized spacial score (nSPS) is 12.3. The lowest BCUT2D eigenvalue weighted by Crippen LogP contribution is -1.94. The van der Waals surface area contributed by atoms with E-state index >= 15 is 0 Å². The van der Waals surface area contributed by atoms with Crippen LogP contribution in [0.2, 0.25) is 5.15 Å². The summed E-state index contributed by atoms with van der Waals surface area (Å²) in [6.07, 6.45) is 9.01. The number of nitrogen functional groups attached to an aromatic ring is 1. The van der Waals surface area contributed by atoms with Gasteiger partial charge < -0.3 is 5.73 Å². The van der Waals surface area contributed by atoms with E-state index in [1.165, 1.54) is 0 Å². The van der Waals surface area contributed by atoms with E-state index in [-0.39, 0.29) is 0 Å². The van der Waals surface area contributed by atoms with E-state index in [1.54, 1.807) is 17.0 Å². The molecule has 3 nitrogen and oxygen atoms in total. The first-order chi connectivity index (χ1) is 6.69. The molecule has 4 heteroatoms. The highest BCUT2D eigenvalue weighted by atomic mass is 35.5. The zero-order valence-electron chi connectivity index (χ0n) is 7.94. The average Bonchev–Trinajstić information content (AvgIpc) is 2.48. The van der Waals surface area contributed by atoms with E-state index < -0.39 is 0 Å². The minimum absolute atomic E-state index is 0.304. The van der Waals surface area contributed by atoms with Gasteiger partial charge in [0.25, 0.3) is 0 Å². The molecule has 74 valence electrons. The van der Waals surface area contributed by atoms with Gasteiger partial charge in [0.05, 0.1) is 17.6 Å². The van der Waals surface area contributed by atoms with E-state index in [1.807, 2.05) is 25.2 Å². The Hall–Kier alpha value is -1.48. The smallest absolute Gasteiger partial charge is 0.174 e. The fourth-order valence-electron chi connectivity index (χ4n) is 0.931. The quantitative estimate of drug-likeness (QED) is 0.778. The highest BCUT2D eigenvalue weighted by Gasteiger charge is 2.03. The van der Waals surface area contributed by atoms with Crippen molar-refractivity contribution in [3.05, 3.63) is 42.2 Å². The number of allylic oxidation sites excluding steroid dienone is 5. The largest absolute Gasteiger partial charge is 0.395 e. The molecule has 0 fully saturated rings. The lowest BCUT2D eigenvalue weighted by Gasteiger charge is -1.98. The van der Waals surface area contributed by atoms with Crippen LogP contribution in [0.4, 0.5) is 5.69 Å². The predicted molar refractivity (Wildman–Crippen MR) is 60.9 cm³/mol. The van der Waals surface area contributed by atoms with Crippen molar-refractivity contribution < 1.29 is 0 Å². The minimum Gasteiger partial charge on any atom is -0.395 e. The summed E-state index contributed by atoms with van der Waals surface area (Å²) < 4.78 is 1.59. The van der Waals surface area contributed by atoms with E-state index in [4.69, 9.17) is 17.3 Å². The third kappa shape index (κ3) is 2.26. The summed E-state index contributed by atoms with van der Waals surface area (Å²) >= 11 is 5.73. The van der Waals surface area contributed by atoms with Crippen LogP contribution in [0.5, 0.6) is 0 Å². The summed E-state index contributed by atoms with van der Waals surface area (Å²) in [5, 5.41) is 4.32. The van der Waals surface area contributed by atoms with E-state index in [0.29, 0.717) is 10.8 Å². The zero-order valence-corrected chi connectivity index (χ0v) is 8.70. The fourth-order valence-corrected chi connectivity index (χ4v) is 1.06. The maximum atomic E-state index is 5.73. The van der Waals surface area contributed by atoms with Gasteiger partial charge in [0.1, 0.15) is 0 Å². The third-order valence-corrected chi connectivity index (χ3v) is 1.92. The van der Waals surface area contributed by atoms with Crippen LogP contribution in [0.1, 0.15) is 6.92 Å². The average molecular weight is 210 g/mol. The van der Waals surface area contributed by atoms with Crippen LogP contribution in [0, 0.1) is 0 Å². The van der Waals surface area contributed by atoms with Gasteiger partial charge in [0.15, 0.2) is 5.15 Å². The van der Waals surface area contributed by atoms with Crippen molar-refractivity contribution >= 4 is 23.0 Å². The number of aromatic nitrogens is 2. The Morgan fingerprint density at radius 3 is 2.86 bits per heavy atom. The Kier molecular flexibility index (Phi) is 3.54. The lowest BCUT2D eigenvalue weighted by atomic mass is 10.3. The van der Waals surface area contributed by atoms with Gasteiger partial charge in [-0.25, -0.2) is 4.68 Å². The molecule has 0 amide bonds. The molecule has 0 aliphatic rings. The number of anilines is 1. The third-order valence-electron chi connectivity index (χ3n) is 1.63. The standard InChI is InChI=1S/C10H12ClN3/c1-3-5-6-8(4-2)14-7-9(12)10(11)13-14/h3-7H,2,12H2,1H3/b5-3-,8-6+. The molecule has 0 atom stereocenters. The van der Waals surface area contributed by atoms with Crippen LogP contribution in [0.3, 0.4) is 0 Å². The van der Waals surface area contributed by atoms with Gasteiger partial charge in [-0.15, -0.1) is 0 Å². The summed E-state index contributed by atoms with van der Waals surface area (Å²) in [5.41, 5.74) is 6.85. The Labute approximate surface area is 88.2 Å². The number of nitrogens with two attached hydrogens (primary N) is 1. The van der Waals surface area contributed by atoms with Crippen molar-refractivity contribution in [3.63, 3.8) is 0 Å². The molecule has 0 aliphatic carbocycles. The monoisotopic (exact) mass is 209 g/mol. The molecule has 0 spiro atoms. The van der Waals surface area contributed by atoms with Crippen LogP contribution in [-0.4, -0.2) is 9.78 Å². The Morgan fingerprint density at radius 2 is 2.43 bits per heavy atom. The molecule has 0 radical (unpaired) electrons. The number of nitrogens with zero attached hydrogens (tertiary/aromatic N) is 2. The molecule has 2 N–H and O–H groups in total. The van der Waals surface area contributed by atoms with Gasteiger partial charge in [0, 0.05) is 0 Å².